The molecule has 0 fully saturated rings. The van der Waals surface area contributed by atoms with Gasteiger partial charge in [-0.15, -0.1) is 11.3 Å². The molecule has 2 aromatic rings. The molecule has 7 heteroatoms. The van der Waals surface area contributed by atoms with Crippen LogP contribution in [0.3, 0.4) is 0 Å². The fraction of sp³-hybridized carbons (Fsp3) is 0.222. The molecule has 0 aromatic carbocycles. The summed E-state index contributed by atoms with van der Waals surface area (Å²) >= 11 is 7.30. The number of hydrogen-bond acceptors (Lipinski definition) is 4. The first-order valence-corrected chi connectivity index (χ1v) is 5.80. The van der Waals surface area contributed by atoms with Gasteiger partial charge in [-0.3, -0.25) is 9.89 Å². The molecule has 0 atom stereocenters. The minimum atomic E-state index is -0.284. The smallest absolute Gasteiger partial charge is 0.271 e. The Bertz CT molecular complexity index is 507. The molecule has 0 radical (unpaired) electrons. The molecule has 5 nitrogen and oxygen atoms in total. The molecule has 0 spiro atoms. The highest BCUT2D eigenvalue weighted by Crippen LogP contribution is 2.12. The van der Waals surface area contributed by atoms with E-state index in [1.807, 2.05) is 12.3 Å². The second-order valence-electron chi connectivity index (χ2n) is 3.13. The number of amides is 1. The lowest BCUT2D eigenvalue weighted by atomic mass is 10.4. The fourth-order valence-electron chi connectivity index (χ4n) is 1.18. The molecule has 84 valence electrons. The van der Waals surface area contributed by atoms with Gasteiger partial charge in [0, 0.05) is 5.38 Å². The molecule has 2 aromatic heterocycles. The largest absolute Gasteiger partial charge is 0.345 e. The number of aromatic amines is 1. The summed E-state index contributed by atoms with van der Waals surface area (Å²) in [5.74, 6) is -0.284. The van der Waals surface area contributed by atoms with Crippen molar-refractivity contribution >= 4 is 28.8 Å². The number of thiazole rings is 1. The van der Waals surface area contributed by atoms with E-state index in [-0.39, 0.29) is 11.6 Å². The summed E-state index contributed by atoms with van der Waals surface area (Å²) in [6, 6.07) is 0. The molecule has 1 amide bonds. The number of hydrogen-bond donors (Lipinski definition) is 2. The molecule has 0 saturated carbocycles. The highest BCUT2D eigenvalue weighted by atomic mass is 35.5. The van der Waals surface area contributed by atoms with Gasteiger partial charge in [-0.1, -0.05) is 11.6 Å². The summed E-state index contributed by atoms with van der Waals surface area (Å²) in [6.07, 6.45) is 1.39. The van der Waals surface area contributed by atoms with E-state index in [0.29, 0.717) is 11.6 Å². The molecule has 0 aliphatic rings. The monoisotopic (exact) mass is 256 g/mol. The van der Waals surface area contributed by atoms with E-state index in [9.17, 15) is 4.79 Å². The first kappa shape index (κ1) is 11.1. The second-order valence-corrected chi connectivity index (χ2v) is 4.60. The summed E-state index contributed by atoms with van der Waals surface area (Å²) in [5, 5.41) is 12.1. The Morgan fingerprint density at radius 1 is 1.69 bits per heavy atom. The van der Waals surface area contributed by atoms with Crippen molar-refractivity contribution in [3.63, 3.8) is 0 Å². The zero-order chi connectivity index (χ0) is 11.5. The van der Waals surface area contributed by atoms with E-state index >= 15 is 0 Å². The third-order valence-corrected chi connectivity index (χ3v) is 3.03. The van der Waals surface area contributed by atoms with Crippen molar-refractivity contribution in [2.75, 3.05) is 0 Å². The Balaban J connectivity index is 1.96. The van der Waals surface area contributed by atoms with Crippen LogP contribution in [-0.2, 0) is 6.54 Å². The van der Waals surface area contributed by atoms with E-state index in [4.69, 9.17) is 11.6 Å². The van der Waals surface area contributed by atoms with Gasteiger partial charge in [-0.05, 0) is 6.92 Å². The molecule has 2 N–H and O–H groups in total. The van der Waals surface area contributed by atoms with Crippen LogP contribution in [-0.4, -0.2) is 21.1 Å². The molecule has 0 unspecified atom stereocenters. The minimum Gasteiger partial charge on any atom is -0.345 e. The minimum absolute atomic E-state index is 0.272. The van der Waals surface area contributed by atoms with Crippen molar-refractivity contribution < 1.29 is 4.79 Å². The van der Waals surface area contributed by atoms with Gasteiger partial charge >= 0.3 is 0 Å². The SMILES string of the molecule is Cc1nc(CNC(=O)c2[nH]ncc2Cl)cs1. The number of aryl methyl sites for hydroxylation is 1. The fourth-order valence-corrected chi connectivity index (χ4v) is 1.97. The number of carbonyl (C=O) groups is 1. The van der Waals surface area contributed by atoms with Crippen LogP contribution < -0.4 is 5.32 Å². The van der Waals surface area contributed by atoms with Crippen LogP contribution in [0.1, 0.15) is 21.2 Å². The van der Waals surface area contributed by atoms with Crippen LogP contribution in [0, 0.1) is 6.92 Å². The molecule has 0 aliphatic carbocycles. The van der Waals surface area contributed by atoms with Crippen LogP contribution in [0.15, 0.2) is 11.6 Å². The van der Waals surface area contributed by atoms with Crippen molar-refractivity contribution in [3.8, 4) is 0 Å². The Morgan fingerprint density at radius 2 is 2.50 bits per heavy atom. The molecule has 0 bridgehead atoms. The molecule has 0 aliphatic heterocycles. The van der Waals surface area contributed by atoms with Crippen LogP contribution in [0.4, 0.5) is 0 Å². The second kappa shape index (κ2) is 4.63. The van der Waals surface area contributed by atoms with Gasteiger partial charge in [-0.25, -0.2) is 4.98 Å². The first-order valence-electron chi connectivity index (χ1n) is 4.55. The Morgan fingerprint density at radius 3 is 3.06 bits per heavy atom. The average Bonchev–Trinajstić information content (AvgIpc) is 2.84. The summed E-state index contributed by atoms with van der Waals surface area (Å²) in [4.78, 5) is 15.8. The Labute approximate surface area is 101 Å². The van der Waals surface area contributed by atoms with Gasteiger partial charge in [0.2, 0.25) is 0 Å². The summed E-state index contributed by atoms with van der Waals surface area (Å²) in [6.45, 7) is 2.31. The van der Waals surface area contributed by atoms with Gasteiger partial charge < -0.3 is 5.32 Å². The third kappa shape index (κ3) is 2.40. The van der Waals surface area contributed by atoms with Crippen molar-refractivity contribution in [3.05, 3.63) is 33.0 Å². The summed E-state index contributed by atoms with van der Waals surface area (Å²) < 4.78 is 0. The van der Waals surface area contributed by atoms with Crippen LogP contribution in [0.2, 0.25) is 5.02 Å². The average molecular weight is 257 g/mol. The Kier molecular flexibility index (Phi) is 3.21. The number of carbonyl (C=O) groups excluding carboxylic acids is 1. The Hall–Kier alpha value is -1.40. The first-order chi connectivity index (χ1) is 7.66. The maximum absolute atomic E-state index is 11.6. The zero-order valence-corrected chi connectivity index (χ0v) is 10.0. The highest BCUT2D eigenvalue weighted by molar-refractivity contribution is 7.09. The van der Waals surface area contributed by atoms with Crippen LogP contribution in [0.25, 0.3) is 0 Å². The predicted octanol–water partition coefficient (Wildman–Crippen LogP) is 1.76. The number of nitrogens with one attached hydrogen (secondary N) is 2. The standard InChI is InChI=1S/C9H9ClN4OS/c1-5-13-6(4-16-5)2-11-9(15)8-7(10)3-12-14-8/h3-4H,2H2,1H3,(H,11,15)(H,12,14). The molecular formula is C9H9ClN4OS. The zero-order valence-electron chi connectivity index (χ0n) is 8.45. The number of nitrogens with zero attached hydrogens (tertiary/aromatic N) is 2. The van der Waals surface area contributed by atoms with Crippen molar-refractivity contribution in [1.82, 2.24) is 20.5 Å². The van der Waals surface area contributed by atoms with E-state index in [0.717, 1.165) is 10.7 Å². The molecular weight excluding hydrogens is 248 g/mol. The van der Waals surface area contributed by atoms with Crippen molar-refractivity contribution in [1.29, 1.82) is 0 Å². The van der Waals surface area contributed by atoms with Crippen LogP contribution in [0.5, 0.6) is 0 Å². The van der Waals surface area contributed by atoms with E-state index in [2.05, 4.69) is 20.5 Å². The van der Waals surface area contributed by atoms with E-state index < -0.39 is 0 Å². The number of H-pyrrole nitrogens is 1. The summed E-state index contributed by atoms with van der Waals surface area (Å²) in [5.41, 5.74) is 1.11. The lowest BCUT2D eigenvalue weighted by molar-refractivity contribution is 0.0945. The molecule has 2 rings (SSSR count). The summed E-state index contributed by atoms with van der Waals surface area (Å²) in [7, 11) is 0. The normalized spacial score (nSPS) is 10.4. The van der Waals surface area contributed by atoms with E-state index in [1.54, 1.807) is 11.3 Å². The molecule has 2 heterocycles. The lowest BCUT2D eigenvalue weighted by Gasteiger charge is -2.00. The van der Waals surface area contributed by atoms with Gasteiger partial charge in [0.15, 0.2) is 0 Å². The highest BCUT2D eigenvalue weighted by Gasteiger charge is 2.12. The maximum Gasteiger partial charge on any atom is 0.271 e. The molecule has 0 saturated heterocycles. The topological polar surface area (TPSA) is 70.7 Å². The van der Waals surface area contributed by atoms with Gasteiger partial charge in [0.05, 0.1) is 28.5 Å². The van der Waals surface area contributed by atoms with Gasteiger partial charge in [0.1, 0.15) is 5.69 Å². The molecule has 16 heavy (non-hydrogen) atoms. The number of rotatable bonds is 3. The predicted molar refractivity (Wildman–Crippen MR) is 61.6 cm³/mol. The van der Waals surface area contributed by atoms with Crippen molar-refractivity contribution in [2.24, 2.45) is 0 Å². The third-order valence-electron chi connectivity index (χ3n) is 1.92. The van der Waals surface area contributed by atoms with Gasteiger partial charge in [-0.2, -0.15) is 5.10 Å². The van der Waals surface area contributed by atoms with Gasteiger partial charge in [0.25, 0.3) is 5.91 Å². The lowest BCUT2D eigenvalue weighted by Crippen LogP contribution is -2.23. The van der Waals surface area contributed by atoms with E-state index in [1.165, 1.54) is 6.20 Å². The maximum atomic E-state index is 11.6. The number of halogens is 1. The quantitative estimate of drug-likeness (QED) is 0.879. The van der Waals surface area contributed by atoms with Crippen LogP contribution >= 0.6 is 22.9 Å². The number of aromatic nitrogens is 3. The van der Waals surface area contributed by atoms with Crippen molar-refractivity contribution in [2.45, 2.75) is 13.5 Å².